The number of hydrogen-bond acceptors (Lipinski definition) is 2. The molecule has 1 N–H and O–H groups in total. The van der Waals surface area contributed by atoms with Gasteiger partial charge in [-0.1, -0.05) is 41.0 Å². The topological polar surface area (TPSA) is 29.1 Å². The molecule has 0 radical (unpaired) electrons. The monoisotopic (exact) mass is 185 g/mol. The van der Waals surface area contributed by atoms with Crippen molar-refractivity contribution in [2.24, 2.45) is 5.92 Å². The van der Waals surface area contributed by atoms with Crippen molar-refractivity contribution in [2.45, 2.75) is 59.5 Å². The van der Waals surface area contributed by atoms with Crippen molar-refractivity contribution < 1.29 is 4.79 Å². The number of Topliss-reactive ketones (excluding diaryl/α,β-unsaturated/α-hetero) is 1. The summed E-state index contributed by atoms with van der Waals surface area (Å²) >= 11 is 0. The van der Waals surface area contributed by atoms with E-state index in [-0.39, 0.29) is 6.04 Å². The van der Waals surface area contributed by atoms with E-state index in [1.165, 1.54) is 0 Å². The van der Waals surface area contributed by atoms with Gasteiger partial charge in [0.25, 0.3) is 0 Å². The lowest BCUT2D eigenvalue weighted by atomic mass is 9.93. The Labute approximate surface area is 82.1 Å². The molecule has 0 aliphatic carbocycles. The highest BCUT2D eigenvalue weighted by Gasteiger charge is 2.22. The van der Waals surface area contributed by atoms with Gasteiger partial charge in [-0.15, -0.1) is 0 Å². The molecule has 13 heavy (non-hydrogen) atoms. The molecule has 0 aromatic heterocycles. The summed E-state index contributed by atoms with van der Waals surface area (Å²) in [7, 11) is 0. The normalized spacial score (nSPS) is 15.8. The first-order chi connectivity index (χ1) is 6.02. The van der Waals surface area contributed by atoms with Crippen LogP contribution in [-0.2, 0) is 4.79 Å². The molecule has 0 aliphatic rings. The molecule has 0 amide bonds. The lowest BCUT2D eigenvalue weighted by Crippen LogP contribution is -2.44. The number of hydrogen-bond donors (Lipinski definition) is 1. The lowest BCUT2D eigenvalue weighted by molar-refractivity contribution is -0.122. The molecule has 0 heterocycles. The van der Waals surface area contributed by atoms with E-state index < -0.39 is 0 Å². The third-order valence-electron chi connectivity index (χ3n) is 2.42. The van der Waals surface area contributed by atoms with Gasteiger partial charge < -0.3 is 5.32 Å². The fraction of sp³-hybridized carbons (Fsp3) is 0.909. The van der Waals surface area contributed by atoms with E-state index >= 15 is 0 Å². The summed E-state index contributed by atoms with van der Waals surface area (Å²) in [5.41, 5.74) is 0. The van der Waals surface area contributed by atoms with Gasteiger partial charge in [0.1, 0.15) is 5.78 Å². The highest BCUT2D eigenvalue weighted by atomic mass is 16.1. The van der Waals surface area contributed by atoms with Crippen molar-refractivity contribution in [3.8, 4) is 0 Å². The van der Waals surface area contributed by atoms with Crippen LogP contribution >= 0.6 is 0 Å². The van der Waals surface area contributed by atoms with E-state index in [1.807, 2.05) is 6.92 Å². The molecule has 2 nitrogen and oxygen atoms in total. The predicted octanol–water partition coefficient (Wildman–Crippen LogP) is 2.38. The Morgan fingerprint density at radius 2 is 1.77 bits per heavy atom. The molecule has 2 atom stereocenters. The number of ketones is 1. The maximum atomic E-state index is 11.6. The van der Waals surface area contributed by atoms with Crippen molar-refractivity contribution >= 4 is 5.78 Å². The van der Waals surface area contributed by atoms with E-state index in [2.05, 4.69) is 33.0 Å². The van der Waals surface area contributed by atoms with Crippen molar-refractivity contribution in [1.29, 1.82) is 0 Å². The molecule has 0 saturated carbocycles. The fourth-order valence-electron chi connectivity index (χ4n) is 1.39. The molecular weight excluding hydrogens is 162 g/mol. The van der Waals surface area contributed by atoms with Crippen LogP contribution in [0.5, 0.6) is 0 Å². The molecule has 0 spiro atoms. The zero-order valence-electron chi connectivity index (χ0n) is 9.55. The summed E-state index contributed by atoms with van der Waals surface area (Å²) < 4.78 is 0. The van der Waals surface area contributed by atoms with Gasteiger partial charge in [0, 0.05) is 12.5 Å². The first-order valence-corrected chi connectivity index (χ1v) is 5.31. The number of nitrogens with one attached hydrogen (secondary N) is 1. The third kappa shape index (κ3) is 4.41. The first-order valence-electron chi connectivity index (χ1n) is 5.31. The molecule has 0 bridgehead atoms. The quantitative estimate of drug-likeness (QED) is 0.688. The molecule has 0 aliphatic heterocycles. The highest BCUT2D eigenvalue weighted by molar-refractivity contribution is 5.84. The maximum Gasteiger partial charge on any atom is 0.149 e. The Morgan fingerprint density at radius 3 is 2.08 bits per heavy atom. The van der Waals surface area contributed by atoms with Gasteiger partial charge in [0.2, 0.25) is 0 Å². The molecule has 78 valence electrons. The lowest BCUT2D eigenvalue weighted by Gasteiger charge is -2.24. The summed E-state index contributed by atoms with van der Waals surface area (Å²) in [4.78, 5) is 11.6. The zero-order chi connectivity index (χ0) is 10.4. The van der Waals surface area contributed by atoms with Crippen LogP contribution in [0.3, 0.4) is 0 Å². The van der Waals surface area contributed by atoms with Crippen molar-refractivity contribution in [3.05, 3.63) is 0 Å². The molecule has 2 unspecified atom stereocenters. The Morgan fingerprint density at radius 1 is 1.23 bits per heavy atom. The summed E-state index contributed by atoms with van der Waals surface area (Å²) in [5.74, 6) is 0.776. The maximum absolute atomic E-state index is 11.6. The number of carbonyl (C=O) groups is 1. The van der Waals surface area contributed by atoms with Crippen LogP contribution in [-0.4, -0.2) is 17.9 Å². The van der Waals surface area contributed by atoms with Gasteiger partial charge in [-0.2, -0.15) is 0 Å². The second-order valence-electron chi connectivity index (χ2n) is 4.00. The van der Waals surface area contributed by atoms with E-state index in [4.69, 9.17) is 0 Å². The summed E-state index contributed by atoms with van der Waals surface area (Å²) in [5, 5.41) is 3.33. The van der Waals surface area contributed by atoms with Crippen LogP contribution in [0.2, 0.25) is 0 Å². The van der Waals surface area contributed by atoms with Gasteiger partial charge >= 0.3 is 0 Å². The summed E-state index contributed by atoms with van der Waals surface area (Å²) in [6.45, 7) is 10.4. The van der Waals surface area contributed by atoms with Gasteiger partial charge in [-0.05, 0) is 5.92 Å². The third-order valence-corrected chi connectivity index (χ3v) is 2.42. The molecule has 0 saturated heterocycles. The Kier molecular flexibility index (Phi) is 5.97. The van der Waals surface area contributed by atoms with Crippen molar-refractivity contribution in [2.75, 3.05) is 0 Å². The summed E-state index contributed by atoms with van der Waals surface area (Å²) in [6.07, 6.45) is 1.69. The van der Waals surface area contributed by atoms with Crippen LogP contribution in [0.1, 0.15) is 47.5 Å². The minimum absolute atomic E-state index is 0.0509. The van der Waals surface area contributed by atoms with E-state index in [0.29, 0.717) is 24.2 Å². The number of carbonyl (C=O) groups excluding carboxylic acids is 1. The largest absolute Gasteiger partial charge is 0.305 e. The van der Waals surface area contributed by atoms with Gasteiger partial charge in [0.15, 0.2) is 0 Å². The first kappa shape index (κ1) is 12.6. The minimum Gasteiger partial charge on any atom is -0.305 e. The van der Waals surface area contributed by atoms with Crippen LogP contribution in [0, 0.1) is 5.92 Å². The second-order valence-corrected chi connectivity index (χ2v) is 4.00. The average Bonchev–Trinajstić information content (AvgIpc) is 2.11. The minimum atomic E-state index is 0.0509. The van der Waals surface area contributed by atoms with E-state index in [1.54, 1.807) is 0 Å². The average molecular weight is 185 g/mol. The van der Waals surface area contributed by atoms with E-state index in [9.17, 15) is 4.79 Å². The summed E-state index contributed by atoms with van der Waals surface area (Å²) in [6, 6.07) is 0.435. The predicted molar refractivity (Wildman–Crippen MR) is 56.8 cm³/mol. The van der Waals surface area contributed by atoms with Crippen LogP contribution in [0.25, 0.3) is 0 Å². The molecular formula is C11H23NO. The second kappa shape index (κ2) is 6.14. The SMILES string of the molecule is CCC(=O)C(NC(C)C)C(C)CC. The molecule has 0 fully saturated rings. The fourth-order valence-corrected chi connectivity index (χ4v) is 1.39. The van der Waals surface area contributed by atoms with Crippen LogP contribution in [0.15, 0.2) is 0 Å². The Bertz CT molecular complexity index is 154. The van der Waals surface area contributed by atoms with Gasteiger partial charge in [0.05, 0.1) is 6.04 Å². The Hall–Kier alpha value is -0.370. The van der Waals surface area contributed by atoms with Gasteiger partial charge in [-0.3, -0.25) is 4.79 Å². The highest BCUT2D eigenvalue weighted by Crippen LogP contribution is 2.10. The molecule has 0 rings (SSSR count). The molecule has 0 aromatic rings. The van der Waals surface area contributed by atoms with Crippen LogP contribution in [0.4, 0.5) is 0 Å². The smallest absolute Gasteiger partial charge is 0.149 e. The molecule has 2 heteroatoms. The van der Waals surface area contributed by atoms with Gasteiger partial charge in [-0.25, -0.2) is 0 Å². The number of rotatable bonds is 6. The molecule has 0 aromatic carbocycles. The van der Waals surface area contributed by atoms with Crippen molar-refractivity contribution in [3.63, 3.8) is 0 Å². The van der Waals surface area contributed by atoms with Crippen LogP contribution < -0.4 is 5.32 Å². The standard InChI is InChI=1S/C11H23NO/c1-6-9(5)11(10(13)7-2)12-8(3)4/h8-9,11-12H,6-7H2,1-5H3. The van der Waals surface area contributed by atoms with E-state index in [0.717, 1.165) is 6.42 Å². The Balaban J connectivity index is 4.26. The van der Waals surface area contributed by atoms with Crippen molar-refractivity contribution in [1.82, 2.24) is 5.32 Å². The zero-order valence-corrected chi connectivity index (χ0v) is 9.55.